The lowest BCUT2D eigenvalue weighted by Gasteiger charge is -2.15. The Bertz CT molecular complexity index is 159. The Hall–Kier alpha value is -0.0800. The van der Waals surface area contributed by atoms with E-state index in [0.29, 0.717) is 6.04 Å². The van der Waals surface area contributed by atoms with Gasteiger partial charge in [-0.25, -0.2) is 0 Å². The Balaban J connectivity index is 3.26. The van der Waals surface area contributed by atoms with Crippen LogP contribution in [0.3, 0.4) is 0 Å². The van der Waals surface area contributed by atoms with Crippen molar-refractivity contribution in [3.63, 3.8) is 0 Å². The van der Waals surface area contributed by atoms with Gasteiger partial charge < -0.3 is 0 Å². The van der Waals surface area contributed by atoms with E-state index in [-0.39, 0.29) is 0 Å². The second kappa shape index (κ2) is 16.0. The molecule has 0 saturated carbocycles. The molecule has 3 N–H and O–H groups in total. The van der Waals surface area contributed by atoms with E-state index in [9.17, 15) is 0 Å². The average Bonchev–Trinajstić information content (AvgIpc) is 2.44. The van der Waals surface area contributed by atoms with Crippen molar-refractivity contribution >= 4 is 0 Å². The molecular formula is C17H38N2. The number of rotatable bonds is 15. The van der Waals surface area contributed by atoms with Gasteiger partial charge in [-0.2, -0.15) is 0 Å². The van der Waals surface area contributed by atoms with Crippen LogP contribution in [0.5, 0.6) is 0 Å². The molecule has 0 rings (SSSR count). The zero-order chi connectivity index (χ0) is 14.2. The molecule has 0 saturated heterocycles. The lowest BCUT2D eigenvalue weighted by molar-refractivity contribution is 0.420. The molecule has 0 fully saturated rings. The van der Waals surface area contributed by atoms with Crippen LogP contribution < -0.4 is 11.3 Å². The monoisotopic (exact) mass is 270 g/mol. The van der Waals surface area contributed by atoms with Crippen LogP contribution in [-0.2, 0) is 0 Å². The number of nitrogens with one attached hydrogen (secondary N) is 1. The normalized spacial score (nSPS) is 12.8. The fourth-order valence-corrected chi connectivity index (χ4v) is 2.65. The van der Waals surface area contributed by atoms with Crippen LogP contribution in [0.15, 0.2) is 0 Å². The van der Waals surface area contributed by atoms with Crippen LogP contribution in [0.25, 0.3) is 0 Å². The zero-order valence-electron chi connectivity index (χ0n) is 13.6. The highest BCUT2D eigenvalue weighted by Gasteiger charge is 2.05. The van der Waals surface area contributed by atoms with Gasteiger partial charge in [-0.3, -0.25) is 11.3 Å². The van der Waals surface area contributed by atoms with E-state index < -0.39 is 0 Å². The van der Waals surface area contributed by atoms with E-state index in [2.05, 4.69) is 19.3 Å². The fraction of sp³-hybridized carbons (Fsp3) is 1.00. The maximum absolute atomic E-state index is 5.63. The van der Waals surface area contributed by atoms with Crippen LogP contribution in [0.4, 0.5) is 0 Å². The second-order valence-electron chi connectivity index (χ2n) is 5.98. The molecule has 0 radical (unpaired) electrons. The zero-order valence-corrected chi connectivity index (χ0v) is 13.6. The van der Waals surface area contributed by atoms with Gasteiger partial charge in [0.2, 0.25) is 0 Å². The van der Waals surface area contributed by atoms with E-state index in [1.807, 2.05) is 0 Å². The van der Waals surface area contributed by atoms with Crippen LogP contribution in [-0.4, -0.2) is 6.04 Å². The molecular weight excluding hydrogens is 232 g/mol. The van der Waals surface area contributed by atoms with Crippen molar-refractivity contribution < 1.29 is 0 Å². The fourth-order valence-electron chi connectivity index (χ4n) is 2.65. The van der Waals surface area contributed by atoms with Gasteiger partial charge >= 0.3 is 0 Å². The third-order valence-electron chi connectivity index (χ3n) is 4.05. The van der Waals surface area contributed by atoms with Crippen LogP contribution in [0.2, 0.25) is 0 Å². The first kappa shape index (κ1) is 18.9. The lowest BCUT2D eigenvalue weighted by Crippen LogP contribution is -2.34. The van der Waals surface area contributed by atoms with Crippen molar-refractivity contribution in [1.29, 1.82) is 0 Å². The SMILES string of the molecule is CCCCCCCCCCC(CCCCCC)NN. The molecule has 0 aliphatic carbocycles. The van der Waals surface area contributed by atoms with Crippen molar-refractivity contribution in [2.45, 2.75) is 110 Å². The molecule has 0 aromatic rings. The molecule has 0 aromatic heterocycles. The summed E-state index contributed by atoms with van der Waals surface area (Å²) in [5.74, 6) is 5.63. The Labute approximate surface area is 121 Å². The van der Waals surface area contributed by atoms with E-state index in [4.69, 9.17) is 5.84 Å². The maximum atomic E-state index is 5.63. The third-order valence-corrected chi connectivity index (χ3v) is 4.05. The van der Waals surface area contributed by atoms with Gasteiger partial charge in [-0.05, 0) is 12.8 Å². The minimum Gasteiger partial charge on any atom is -0.271 e. The predicted molar refractivity (Wildman–Crippen MR) is 87.1 cm³/mol. The van der Waals surface area contributed by atoms with Gasteiger partial charge in [-0.1, -0.05) is 90.9 Å². The van der Waals surface area contributed by atoms with Gasteiger partial charge in [-0.15, -0.1) is 0 Å². The first-order chi connectivity index (χ1) is 9.35. The van der Waals surface area contributed by atoms with Crippen LogP contribution >= 0.6 is 0 Å². The quantitative estimate of drug-likeness (QED) is 0.240. The molecule has 2 heteroatoms. The molecule has 0 spiro atoms. The molecule has 0 bridgehead atoms. The van der Waals surface area contributed by atoms with Gasteiger partial charge in [0.25, 0.3) is 0 Å². The van der Waals surface area contributed by atoms with Gasteiger partial charge in [0.15, 0.2) is 0 Å². The molecule has 1 atom stereocenters. The molecule has 0 aromatic carbocycles. The maximum Gasteiger partial charge on any atom is 0.0210 e. The summed E-state index contributed by atoms with van der Waals surface area (Å²) in [5, 5.41) is 0. The van der Waals surface area contributed by atoms with E-state index >= 15 is 0 Å². The minimum atomic E-state index is 0.553. The van der Waals surface area contributed by atoms with Crippen molar-refractivity contribution in [2.75, 3.05) is 0 Å². The number of hydrogen-bond donors (Lipinski definition) is 2. The topological polar surface area (TPSA) is 38.0 Å². The number of unbranched alkanes of at least 4 members (excludes halogenated alkanes) is 10. The molecule has 2 nitrogen and oxygen atoms in total. The second-order valence-corrected chi connectivity index (χ2v) is 5.98. The van der Waals surface area contributed by atoms with Crippen LogP contribution in [0, 0.1) is 0 Å². The number of nitrogens with two attached hydrogens (primary N) is 1. The van der Waals surface area contributed by atoms with E-state index in [1.165, 1.54) is 89.9 Å². The van der Waals surface area contributed by atoms with Crippen molar-refractivity contribution in [3.8, 4) is 0 Å². The standard InChI is InChI=1S/C17H38N2/c1-3-5-7-9-10-11-12-14-16-17(19-18)15-13-8-6-4-2/h17,19H,3-16,18H2,1-2H3. The molecule has 0 heterocycles. The van der Waals surface area contributed by atoms with Crippen molar-refractivity contribution in [1.82, 2.24) is 5.43 Å². The highest BCUT2D eigenvalue weighted by molar-refractivity contribution is 4.64. The minimum absolute atomic E-state index is 0.553. The highest BCUT2D eigenvalue weighted by atomic mass is 15.2. The number of hydrazine groups is 1. The van der Waals surface area contributed by atoms with Gasteiger partial charge in [0.1, 0.15) is 0 Å². The van der Waals surface area contributed by atoms with Gasteiger partial charge in [0.05, 0.1) is 0 Å². The largest absolute Gasteiger partial charge is 0.271 e. The average molecular weight is 271 g/mol. The third kappa shape index (κ3) is 14.1. The first-order valence-electron chi connectivity index (χ1n) is 8.81. The first-order valence-corrected chi connectivity index (χ1v) is 8.81. The highest BCUT2D eigenvalue weighted by Crippen LogP contribution is 2.13. The summed E-state index contributed by atoms with van der Waals surface area (Å²) in [5.41, 5.74) is 3.00. The summed E-state index contributed by atoms with van der Waals surface area (Å²) in [6, 6.07) is 0.553. The van der Waals surface area contributed by atoms with Crippen LogP contribution in [0.1, 0.15) is 104 Å². The Morgan fingerprint density at radius 2 is 1.00 bits per heavy atom. The predicted octanol–water partition coefficient (Wildman–Crippen LogP) is 5.32. The number of hydrogen-bond acceptors (Lipinski definition) is 2. The Kier molecular flexibility index (Phi) is 15.9. The summed E-state index contributed by atoms with van der Waals surface area (Å²) in [6.07, 6.45) is 19.1. The molecule has 0 aliphatic rings. The summed E-state index contributed by atoms with van der Waals surface area (Å²) < 4.78 is 0. The Morgan fingerprint density at radius 1 is 0.632 bits per heavy atom. The molecule has 116 valence electrons. The molecule has 0 amide bonds. The van der Waals surface area contributed by atoms with E-state index in [1.54, 1.807) is 0 Å². The summed E-state index contributed by atoms with van der Waals surface area (Å²) in [7, 11) is 0. The van der Waals surface area contributed by atoms with Gasteiger partial charge in [0, 0.05) is 6.04 Å². The smallest absolute Gasteiger partial charge is 0.0210 e. The molecule has 19 heavy (non-hydrogen) atoms. The van der Waals surface area contributed by atoms with Crippen molar-refractivity contribution in [3.05, 3.63) is 0 Å². The van der Waals surface area contributed by atoms with E-state index in [0.717, 1.165) is 0 Å². The Morgan fingerprint density at radius 3 is 1.42 bits per heavy atom. The molecule has 0 aliphatic heterocycles. The molecule has 1 unspecified atom stereocenters. The lowest BCUT2D eigenvalue weighted by atomic mass is 10.0. The summed E-state index contributed by atoms with van der Waals surface area (Å²) >= 11 is 0. The summed E-state index contributed by atoms with van der Waals surface area (Å²) in [4.78, 5) is 0. The van der Waals surface area contributed by atoms with Crippen molar-refractivity contribution in [2.24, 2.45) is 5.84 Å². The summed E-state index contributed by atoms with van der Waals surface area (Å²) in [6.45, 7) is 4.54.